The fourth-order valence-electron chi connectivity index (χ4n) is 1.65. The molecule has 104 valence electrons. The SMILES string of the molecule is N#Cc1cc(C(F)(F)F)ccc1NCCc1cscn1. The van der Waals surface area contributed by atoms with Gasteiger partial charge in [-0.1, -0.05) is 0 Å². The number of benzene rings is 1. The average molecular weight is 297 g/mol. The fourth-order valence-corrected chi connectivity index (χ4v) is 2.25. The Morgan fingerprint density at radius 3 is 2.75 bits per heavy atom. The maximum Gasteiger partial charge on any atom is 0.416 e. The first-order valence-electron chi connectivity index (χ1n) is 5.73. The molecule has 0 fully saturated rings. The van der Waals surface area contributed by atoms with Crippen molar-refractivity contribution in [3.05, 3.63) is 45.9 Å². The molecule has 7 heteroatoms. The number of thiazole rings is 1. The van der Waals surface area contributed by atoms with Gasteiger partial charge < -0.3 is 5.32 Å². The van der Waals surface area contributed by atoms with Crippen molar-refractivity contribution in [2.45, 2.75) is 12.6 Å². The molecular formula is C13H10F3N3S. The van der Waals surface area contributed by atoms with E-state index in [1.54, 1.807) is 11.6 Å². The van der Waals surface area contributed by atoms with Crippen LogP contribution in [-0.2, 0) is 12.6 Å². The van der Waals surface area contributed by atoms with Gasteiger partial charge in [0.2, 0.25) is 0 Å². The highest BCUT2D eigenvalue weighted by molar-refractivity contribution is 7.07. The molecule has 1 heterocycles. The molecule has 0 bridgehead atoms. The zero-order chi connectivity index (χ0) is 14.6. The van der Waals surface area contributed by atoms with Crippen LogP contribution in [0.3, 0.4) is 0 Å². The summed E-state index contributed by atoms with van der Waals surface area (Å²) in [5.74, 6) is 0. The average Bonchev–Trinajstić information content (AvgIpc) is 2.91. The summed E-state index contributed by atoms with van der Waals surface area (Å²) in [6, 6.07) is 4.87. The van der Waals surface area contributed by atoms with E-state index in [1.165, 1.54) is 17.4 Å². The topological polar surface area (TPSA) is 48.7 Å². The highest BCUT2D eigenvalue weighted by Crippen LogP contribution is 2.31. The van der Waals surface area contributed by atoms with Crippen LogP contribution in [0.2, 0.25) is 0 Å². The molecule has 0 aliphatic heterocycles. The predicted molar refractivity (Wildman–Crippen MR) is 70.5 cm³/mol. The molecule has 0 aliphatic carbocycles. The Bertz CT molecular complexity index is 615. The third-order valence-corrected chi connectivity index (χ3v) is 3.28. The standard InChI is InChI=1S/C13H10F3N3S/c14-13(15,16)10-1-2-12(9(5-10)6-17)18-4-3-11-7-20-8-19-11/h1-2,5,7-8,18H,3-4H2. The first kappa shape index (κ1) is 14.3. The van der Waals surface area contributed by atoms with E-state index in [1.807, 2.05) is 5.38 Å². The zero-order valence-corrected chi connectivity index (χ0v) is 11.1. The summed E-state index contributed by atoms with van der Waals surface area (Å²) in [6.07, 6.45) is -3.79. The molecule has 0 amide bonds. The van der Waals surface area contributed by atoms with Gasteiger partial charge in [0.25, 0.3) is 0 Å². The summed E-state index contributed by atoms with van der Waals surface area (Å²) in [6.45, 7) is 0.504. The van der Waals surface area contributed by atoms with Crippen LogP contribution in [0, 0.1) is 11.3 Å². The van der Waals surface area contributed by atoms with Gasteiger partial charge in [-0.05, 0) is 18.2 Å². The third-order valence-electron chi connectivity index (χ3n) is 2.65. The lowest BCUT2D eigenvalue weighted by Gasteiger charge is -2.11. The minimum absolute atomic E-state index is 0.0156. The quantitative estimate of drug-likeness (QED) is 0.936. The van der Waals surface area contributed by atoms with Crippen LogP contribution in [-0.4, -0.2) is 11.5 Å². The Balaban J connectivity index is 2.06. The minimum Gasteiger partial charge on any atom is -0.384 e. The van der Waals surface area contributed by atoms with Crippen LogP contribution in [0.25, 0.3) is 0 Å². The van der Waals surface area contributed by atoms with Gasteiger partial charge in [-0.3, -0.25) is 0 Å². The Labute approximate surface area is 117 Å². The number of nitriles is 1. The molecule has 0 unspecified atom stereocenters. The number of halogens is 3. The minimum atomic E-state index is -4.44. The summed E-state index contributed by atoms with van der Waals surface area (Å²) < 4.78 is 37.6. The largest absolute Gasteiger partial charge is 0.416 e. The molecule has 0 radical (unpaired) electrons. The maximum atomic E-state index is 12.5. The third kappa shape index (κ3) is 3.48. The Morgan fingerprint density at radius 1 is 1.35 bits per heavy atom. The van der Waals surface area contributed by atoms with E-state index in [0.717, 1.165) is 17.8 Å². The number of hydrogen-bond acceptors (Lipinski definition) is 4. The molecule has 2 rings (SSSR count). The number of nitrogens with zero attached hydrogens (tertiary/aromatic N) is 2. The maximum absolute atomic E-state index is 12.5. The van der Waals surface area contributed by atoms with Crippen LogP contribution < -0.4 is 5.32 Å². The summed E-state index contributed by atoms with van der Waals surface area (Å²) >= 11 is 1.48. The number of alkyl halides is 3. The van der Waals surface area contributed by atoms with Gasteiger partial charge in [0.15, 0.2) is 0 Å². The molecule has 1 N–H and O–H groups in total. The van der Waals surface area contributed by atoms with Crippen molar-refractivity contribution in [3.63, 3.8) is 0 Å². The van der Waals surface area contributed by atoms with E-state index in [9.17, 15) is 13.2 Å². The monoisotopic (exact) mass is 297 g/mol. The van der Waals surface area contributed by atoms with E-state index in [-0.39, 0.29) is 5.56 Å². The first-order valence-corrected chi connectivity index (χ1v) is 6.67. The van der Waals surface area contributed by atoms with Crippen molar-refractivity contribution >= 4 is 17.0 Å². The summed E-state index contributed by atoms with van der Waals surface area (Å²) in [4.78, 5) is 4.10. The van der Waals surface area contributed by atoms with E-state index in [2.05, 4.69) is 10.3 Å². The van der Waals surface area contributed by atoms with Crippen LogP contribution in [0.4, 0.5) is 18.9 Å². The molecule has 0 saturated heterocycles. The molecule has 0 saturated carbocycles. The molecule has 20 heavy (non-hydrogen) atoms. The molecular weight excluding hydrogens is 287 g/mol. The number of anilines is 1. The molecule has 0 atom stereocenters. The van der Waals surface area contributed by atoms with Gasteiger partial charge >= 0.3 is 6.18 Å². The predicted octanol–water partition coefficient (Wildman–Crippen LogP) is 3.69. The van der Waals surface area contributed by atoms with Gasteiger partial charge in [0, 0.05) is 18.3 Å². The van der Waals surface area contributed by atoms with Crippen molar-refractivity contribution in [1.82, 2.24) is 4.98 Å². The second-order valence-corrected chi connectivity index (χ2v) is 4.75. The summed E-state index contributed by atoms with van der Waals surface area (Å²) in [5, 5.41) is 13.8. The van der Waals surface area contributed by atoms with Gasteiger partial charge in [-0.25, -0.2) is 4.98 Å². The van der Waals surface area contributed by atoms with Gasteiger partial charge in [0.05, 0.1) is 28.0 Å². The van der Waals surface area contributed by atoms with Gasteiger partial charge in [0.1, 0.15) is 6.07 Å². The first-order chi connectivity index (χ1) is 9.50. The molecule has 3 nitrogen and oxygen atoms in total. The van der Waals surface area contributed by atoms with Crippen molar-refractivity contribution in [2.75, 3.05) is 11.9 Å². The lowest BCUT2D eigenvalue weighted by molar-refractivity contribution is -0.137. The smallest absolute Gasteiger partial charge is 0.384 e. The lowest BCUT2D eigenvalue weighted by atomic mass is 10.1. The number of hydrogen-bond donors (Lipinski definition) is 1. The van der Waals surface area contributed by atoms with Crippen LogP contribution in [0.1, 0.15) is 16.8 Å². The summed E-state index contributed by atoms with van der Waals surface area (Å²) in [5.41, 5.74) is 2.19. The van der Waals surface area contributed by atoms with E-state index in [4.69, 9.17) is 5.26 Å². The number of rotatable bonds is 4. The van der Waals surface area contributed by atoms with Crippen molar-refractivity contribution < 1.29 is 13.2 Å². The Hall–Kier alpha value is -2.07. The van der Waals surface area contributed by atoms with E-state index < -0.39 is 11.7 Å². The van der Waals surface area contributed by atoms with E-state index >= 15 is 0 Å². The number of nitrogens with one attached hydrogen (secondary N) is 1. The van der Waals surface area contributed by atoms with Crippen LogP contribution in [0.15, 0.2) is 29.1 Å². The molecule has 2 aromatic rings. The Kier molecular flexibility index (Phi) is 4.25. The van der Waals surface area contributed by atoms with Gasteiger partial charge in [-0.15, -0.1) is 11.3 Å². The van der Waals surface area contributed by atoms with Gasteiger partial charge in [-0.2, -0.15) is 18.4 Å². The van der Waals surface area contributed by atoms with Crippen molar-refractivity contribution in [3.8, 4) is 6.07 Å². The van der Waals surface area contributed by atoms with E-state index in [0.29, 0.717) is 18.7 Å². The highest BCUT2D eigenvalue weighted by atomic mass is 32.1. The lowest BCUT2D eigenvalue weighted by Crippen LogP contribution is -2.09. The second kappa shape index (κ2) is 5.92. The Morgan fingerprint density at radius 2 is 2.15 bits per heavy atom. The number of aromatic nitrogens is 1. The molecule has 0 spiro atoms. The van der Waals surface area contributed by atoms with Crippen molar-refractivity contribution in [2.24, 2.45) is 0 Å². The van der Waals surface area contributed by atoms with Crippen LogP contribution in [0.5, 0.6) is 0 Å². The van der Waals surface area contributed by atoms with Crippen molar-refractivity contribution in [1.29, 1.82) is 5.26 Å². The normalized spacial score (nSPS) is 11.1. The molecule has 0 aliphatic rings. The zero-order valence-electron chi connectivity index (χ0n) is 10.2. The highest BCUT2D eigenvalue weighted by Gasteiger charge is 2.30. The molecule has 1 aromatic heterocycles. The fraction of sp³-hybridized carbons (Fsp3) is 0.231. The summed E-state index contributed by atoms with van der Waals surface area (Å²) in [7, 11) is 0. The molecule has 1 aromatic carbocycles. The van der Waals surface area contributed by atoms with Crippen LogP contribution >= 0.6 is 11.3 Å². The second-order valence-electron chi connectivity index (χ2n) is 4.03.